The van der Waals surface area contributed by atoms with Gasteiger partial charge in [0.25, 0.3) is 0 Å². The number of nitrogens with two attached hydrogens (primary N) is 1. The molecular formula is C10H15ClN2O4S. The number of carbonyl (C=O) groups is 1. The first-order chi connectivity index (χ1) is 8.15. The van der Waals surface area contributed by atoms with Crippen molar-refractivity contribution in [1.82, 2.24) is 0 Å². The number of benzene rings is 1. The van der Waals surface area contributed by atoms with Gasteiger partial charge in [0.2, 0.25) is 0 Å². The van der Waals surface area contributed by atoms with Gasteiger partial charge in [0.05, 0.1) is 30.7 Å². The zero-order chi connectivity index (χ0) is 14.3. The van der Waals surface area contributed by atoms with E-state index in [4.69, 9.17) is 17.4 Å². The van der Waals surface area contributed by atoms with Gasteiger partial charge in [0.15, 0.2) is 9.84 Å². The van der Waals surface area contributed by atoms with E-state index in [1.807, 2.05) is 14.1 Å². The van der Waals surface area contributed by atoms with E-state index in [1.54, 1.807) is 0 Å². The minimum Gasteiger partial charge on any atom is -0.549 e. The number of carboxylic acids is 1. The van der Waals surface area contributed by atoms with Gasteiger partial charge in [0, 0.05) is 5.02 Å². The van der Waals surface area contributed by atoms with Crippen LogP contribution < -0.4 is 16.0 Å². The maximum atomic E-state index is 11.3. The normalized spacial score (nSPS) is 10.7. The number of hydrogen-bond donors (Lipinski definition) is 2. The molecule has 0 aliphatic heterocycles. The SMILES string of the molecule is C[NH+](C)N.O=C([O-])CS(=O)(=O)c1ccc(Cl)cc1. The van der Waals surface area contributed by atoms with Crippen LogP contribution in [0.5, 0.6) is 0 Å². The Morgan fingerprint density at radius 3 is 2.06 bits per heavy atom. The number of carbonyl (C=O) groups excluding carboxylic acids is 1. The van der Waals surface area contributed by atoms with Crippen molar-refractivity contribution < 1.29 is 23.3 Å². The lowest BCUT2D eigenvalue weighted by atomic mass is 10.4. The molecule has 102 valence electrons. The molecule has 0 radical (unpaired) electrons. The van der Waals surface area contributed by atoms with Gasteiger partial charge in [0.1, 0.15) is 0 Å². The molecule has 0 saturated heterocycles. The summed E-state index contributed by atoms with van der Waals surface area (Å²) in [7, 11) is -0.0748. The highest BCUT2D eigenvalue weighted by Crippen LogP contribution is 2.14. The highest BCUT2D eigenvalue weighted by molar-refractivity contribution is 7.92. The Morgan fingerprint density at radius 2 is 1.72 bits per heavy atom. The highest BCUT2D eigenvalue weighted by Gasteiger charge is 2.13. The molecule has 1 aromatic rings. The standard InChI is InChI=1S/C8H7ClO4S.C2H8N2/c9-6-1-3-7(4-2-6)14(12,13)5-8(10)11;1-4(2)3/h1-4H,5H2,(H,10,11);3H2,1-2H3. The molecule has 0 aromatic heterocycles. The number of rotatable bonds is 3. The molecule has 6 nitrogen and oxygen atoms in total. The Morgan fingerprint density at radius 1 is 1.33 bits per heavy atom. The number of carboxylic acid groups (broad SMARTS) is 1. The number of quaternary nitrogens is 1. The number of sulfone groups is 1. The molecule has 0 aliphatic rings. The van der Waals surface area contributed by atoms with Gasteiger partial charge in [-0.25, -0.2) is 8.42 Å². The maximum Gasteiger partial charge on any atom is 0.183 e. The van der Waals surface area contributed by atoms with Crippen LogP contribution in [0.15, 0.2) is 29.2 Å². The fourth-order valence-electron chi connectivity index (χ4n) is 0.880. The first-order valence-electron chi connectivity index (χ1n) is 4.89. The van der Waals surface area contributed by atoms with Crippen LogP contribution in [0.3, 0.4) is 0 Å². The second kappa shape index (κ2) is 7.32. The topological polar surface area (TPSA) is 105 Å². The Hall–Kier alpha value is -1.15. The van der Waals surface area contributed by atoms with E-state index in [1.165, 1.54) is 24.3 Å². The second-order valence-corrected chi connectivity index (χ2v) is 6.09. The molecule has 0 heterocycles. The molecule has 0 unspecified atom stereocenters. The zero-order valence-electron chi connectivity index (χ0n) is 10.0. The quantitative estimate of drug-likeness (QED) is 0.489. The summed E-state index contributed by atoms with van der Waals surface area (Å²) in [6, 6.07) is 5.26. The third-order valence-electron chi connectivity index (χ3n) is 1.48. The van der Waals surface area contributed by atoms with Crippen LogP contribution in [0.4, 0.5) is 0 Å². The summed E-state index contributed by atoms with van der Waals surface area (Å²) in [5.41, 5.74) is 0. The third kappa shape index (κ3) is 7.23. The lowest BCUT2D eigenvalue weighted by molar-refractivity contribution is -0.871. The predicted octanol–water partition coefficient (Wildman–Crippen LogP) is -2.13. The van der Waals surface area contributed by atoms with Crippen molar-refractivity contribution in [3.8, 4) is 0 Å². The molecule has 1 aromatic carbocycles. The summed E-state index contributed by atoms with van der Waals surface area (Å²) in [4.78, 5) is 10.1. The van der Waals surface area contributed by atoms with Crippen molar-refractivity contribution >= 4 is 27.4 Å². The minimum absolute atomic E-state index is 0.0777. The van der Waals surface area contributed by atoms with Crippen molar-refractivity contribution in [2.75, 3.05) is 19.8 Å². The smallest absolute Gasteiger partial charge is 0.183 e. The molecule has 0 amide bonds. The summed E-state index contributed by atoms with van der Waals surface area (Å²) in [5, 5.41) is 11.4. The molecule has 3 N–H and O–H groups in total. The highest BCUT2D eigenvalue weighted by atomic mass is 35.5. The lowest BCUT2D eigenvalue weighted by Crippen LogP contribution is -3.11. The second-order valence-electron chi connectivity index (χ2n) is 3.66. The van der Waals surface area contributed by atoms with Crippen molar-refractivity contribution in [2.24, 2.45) is 5.84 Å². The van der Waals surface area contributed by atoms with Crippen LogP contribution in [0.2, 0.25) is 5.02 Å². The zero-order valence-corrected chi connectivity index (χ0v) is 11.6. The van der Waals surface area contributed by atoms with Crippen LogP contribution >= 0.6 is 11.6 Å². The van der Waals surface area contributed by atoms with Crippen LogP contribution in [0, 0.1) is 0 Å². The van der Waals surface area contributed by atoms with Crippen molar-refractivity contribution in [1.29, 1.82) is 0 Å². The molecule has 0 fully saturated rings. The summed E-state index contributed by atoms with van der Waals surface area (Å²) in [6.45, 7) is 0. The Labute approximate surface area is 111 Å². The Bertz CT molecular complexity index is 482. The Balaban J connectivity index is 0.000000631. The van der Waals surface area contributed by atoms with Crippen LogP contribution in [-0.2, 0) is 14.6 Å². The third-order valence-corrected chi connectivity index (χ3v) is 3.34. The van der Waals surface area contributed by atoms with E-state index < -0.39 is 21.6 Å². The molecule has 0 saturated carbocycles. The van der Waals surface area contributed by atoms with E-state index in [-0.39, 0.29) is 4.90 Å². The molecule has 0 atom stereocenters. The van der Waals surface area contributed by atoms with E-state index >= 15 is 0 Å². The minimum atomic E-state index is -3.80. The van der Waals surface area contributed by atoms with Crippen LogP contribution in [-0.4, -0.2) is 34.2 Å². The van der Waals surface area contributed by atoms with Gasteiger partial charge >= 0.3 is 0 Å². The predicted molar refractivity (Wildman–Crippen MR) is 65.5 cm³/mol. The van der Waals surface area contributed by atoms with Gasteiger partial charge in [-0.05, 0) is 24.3 Å². The lowest BCUT2D eigenvalue weighted by Gasteiger charge is -2.04. The van der Waals surface area contributed by atoms with Gasteiger partial charge in [-0.15, -0.1) is 0 Å². The van der Waals surface area contributed by atoms with E-state index in [2.05, 4.69) is 0 Å². The summed E-state index contributed by atoms with van der Waals surface area (Å²) >= 11 is 5.54. The first-order valence-corrected chi connectivity index (χ1v) is 6.92. The van der Waals surface area contributed by atoms with Gasteiger partial charge < -0.3 is 9.90 Å². The monoisotopic (exact) mass is 294 g/mol. The fourth-order valence-corrected chi connectivity index (χ4v) is 2.03. The van der Waals surface area contributed by atoms with Gasteiger partial charge in [-0.3, -0.25) is 5.01 Å². The average molecular weight is 295 g/mol. The van der Waals surface area contributed by atoms with E-state index in [0.29, 0.717) is 5.02 Å². The van der Waals surface area contributed by atoms with Gasteiger partial charge in [-0.1, -0.05) is 11.6 Å². The number of nitrogens with one attached hydrogen (secondary N) is 1. The molecule has 0 aliphatic carbocycles. The van der Waals surface area contributed by atoms with Crippen LogP contribution in [0.1, 0.15) is 0 Å². The number of hydrogen-bond acceptors (Lipinski definition) is 5. The molecule has 1 rings (SSSR count). The summed E-state index contributed by atoms with van der Waals surface area (Å²) in [6.07, 6.45) is 0. The number of aliphatic carboxylic acids is 1. The summed E-state index contributed by atoms with van der Waals surface area (Å²) in [5.74, 6) is 2.38. The fraction of sp³-hybridized carbons (Fsp3) is 0.300. The van der Waals surface area contributed by atoms with E-state index in [9.17, 15) is 18.3 Å². The number of halogens is 1. The molecule has 8 heteroatoms. The molecule has 0 bridgehead atoms. The van der Waals surface area contributed by atoms with Crippen molar-refractivity contribution in [2.45, 2.75) is 4.90 Å². The van der Waals surface area contributed by atoms with Crippen LogP contribution in [0.25, 0.3) is 0 Å². The first kappa shape index (κ1) is 16.9. The molecule has 18 heavy (non-hydrogen) atoms. The van der Waals surface area contributed by atoms with Gasteiger partial charge in [-0.2, -0.15) is 5.84 Å². The van der Waals surface area contributed by atoms with Crippen molar-refractivity contribution in [3.05, 3.63) is 29.3 Å². The Kier molecular flexibility index (Phi) is 6.85. The molecular weight excluding hydrogens is 280 g/mol. The average Bonchev–Trinajstić information content (AvgIpc) is 2.15. The summed E-state index contributed by atoms with van der Waals surface area (Å²) < 4.78 is 22.6. The maximum absolute atomic E-state index is 11.3. The van der Waals surface area contributed by atoms with Crippen molar-refractivity contribution in [3.63, 3.8) is 0 Å². The largest absolute Gasteiger partial charge is 0.549 e. The van der Waals surface area contributed by atoms with E-state index in [0.717, 1.165) is 5.01 Å². The molecule has 0 spiro atoms.